The Labute approximate surface area is 136 Å². The van der Waals surface area contributed by atoms with Crippen LogP contribution in [0.3, 0.4) is 0 Å². The van der Waals surface area contributed by atoms with Gasteiger partial charge in [0.2, 0.25) is 5.82 Å². The number of nitrogens with zero attached hydrogens (tertiary/aromatic N) is 3. The fraction of sp³-hybridized carbons (Fsp3) is 0.688. The van der Waals surface area contributed by atoms with Crippen LogP contribution in [0.5, 0.6) is 5.88 Å². The molecule has 1 aliphatic rings. The molecule has 1 fully saturated rings. The van der Waals surface area contributed by atoms with E-state index in [-0.39, 0.29) is 17.9 Å². The molecule has 0 bridgehead atoms. The average molecular weight is 325 g/mol. The summed E-state index contributed by atoms with van der Waals surface area (Å²) in [6.45, 7) is 8.86. The van der Waals surface area contributed by atoms with Gasteiger partial charge in [-0.1, -0.05) is 0 Å². The molecule has 2 heterocycles. The molecule has 0 radical (unpaired) electrons. The molecule has 0 aromatic carbocycles. The first-order valence-corrected chi connectivity index (χ1v) is 7.84. The van der Waals surface area contributed by atoms with Gasteiger partial charge >= 0.3 is 6.09 Å². The lowest BCUT2D eigenvalue weighted by Crippen LogP contribution is -2.42. The van der Waals surface area contributed by atoms with Crippen molar-refractivity contribution in [1.82, 2.24) is 14.9 Å². The van der Waals surface area contributed by atoms with Crippen molar-refractivity contribution >= 4 is 6.09 Å². The van der Waals surface area contributed by atoms with Crippen LogP contribution >= 0.6 is 0 Å². The summed E-state index contributed by atoms with van der Waals surface area (Å²) in [7, 11) is 0. The summed E-state index contributed by atoms with van der Waals surface area (Å²) < 4.78 is 24.4. The molecular weight excluding hydrogens is 301 g/mol. The second-order valence-electron chi connectivity index (χ2n) is 6.79. The van der Waals surface area contributed by atoms with Gasteiger partial charge in [-0.3, -0.25) is 0 Å². The van der Waals surface area contributed by atoms with Crippen molar-refractivity contribution in [2.75, 3.05) is 19.7 Å². The number of hydrogen-bond donors (Lipinski definition) is 0. The minimum atomic E-state index is -0.554. The molecule has 0 atom stereocenters. The third-order valence-corrected chi connectivity index (χ3v) is 3.55. The van der Waals surface area contributed by atoms with E-state index in [0.717, 1.165) is 19.0 Å². The maximum Gasteiger partial charge on any atom is 0.410 e. The van der Waals surface area contributed by atoms with Gasteiger partial charge in [0.1, 0.15) is 11.4 Å². The molecule has 0 unspecified atom stereocenters. The molecule has 0 saturated carbocycles. The Morgan fingerprint density at radius 3 is 2.65 bits per heavy atom. The van der Waals surface area contributed by atoms with Crippen LogP contribution in [0.25, 0.3) is 0 Å². The van der Waals surface area contributed by atoms with Gasteiger partial charge in [-0.15, -0.1) is 0 Å². The van der Waals surface area contributed by atoms with Gasteiger partial charge in [-0.25, -0.2) is 9.78 Å². The molecule has 1 aliphatic heterocycles. The number of halogens is 1. The summed E-state index contributed by atoms with van der Waals surface area (Å²) in [5.41, 5.74) is -0.487. The SMILES string of the molecule is Cc1ncc(F)c(OCC2CCN(C(=O)OC(C)(C)C)CC2)n1. The lowest BCUT2D eigenvalue weighted by molar-refractivity contribution is 0.0163. The largest absolute Gasteiger partial charge is 0.475 e. The fourth-order valence-corrected chi connectivity index (χ4v) is 2.34. The molecule has 128 valence electrons. The van der Waals surface area contributed by atoms with Gasteiger partial charge in [0, 0.05) is 13.1 Å². The minimum absolute atomic E-state index is 0.00734. The standard InChI is InChI=1S/C16H24FN3O3/c1-11-18-9-13(17)14(19-11)22-10-12-5-7-20(8-6-12)15(21)23-16(2,3)4/h9,12H,5-8,10H2,1-4H3. The average Bonchev–Trinajstić information content (AvgIpc) is 2.47. The Morgan fingerprint density at radius 1 is 1.39 bits per heavy atom. The molecule has 6 nitrogen and oxygen atoms in total. The maximum absolute atomic E-state index is 13.5. The van der Waals surface area contributed by atoms with Gasteiger partial charge < -0.3 is 14.4 Å². The van der Waals surface area contributed by atoms with Crippen LogP contribution in [-0.4, -0.2) is 46.3 Å². The van der Waals surface area contributed by atoms with Crippen LogP contribution in [0.15, 0.2) is 6.20 Å². The zero-order valence-electron chi connectivity index (χ0n) is 14.1. The zero-order valence-corrected chi connectivity index (χ0v) is 14.1. The quantitative estimate of drug-likeness (QED) is 0.855. The number of aryl methyl sites for hydroxylation is 1. The van der Waals surface area contributed by atoms with Crippen LogP contribution in [0, 0.1) is 18.7 Å². The molecule has 23 heavy (non-hydrogen) atoms. The number of amides is 1. The summed E-state index contributed by atoms with van der Waals surface area (Å²) >= 11 is 0. The molecule has 2 rings (SSSR count). The summed E-state index contributed by atoms with van der Waals surface area (Å²) in [5.74, 6) is 0.179. The molecule has 1 saturated heterocycles. The molecular formula is C16H24FN3O3. The Hall–Kier alpha value is -1.92. The first-order valence-electron chi connectivity index (χ1n) is 7.84. The van der Waals surface area contributed by atoms with E-state index in [0.29, 0.717) is 25.5 Å². The van der Waals surface area contributed by atoms with Gasteiger partial charge in [-0.05, 0) is 46.5 Å². The molecule has 0 N–H and O–H groups in total. The van der Waals surface area contributed by atoms with Crippen molar-refractivity contribution < 1.29 is 18.7 Å². The van der Waals surface area contributed by atoms with Gasteiger partial charge in [0.05, 0.1) is 12.8 Å². The highest BCUT2D eigenvalue weighted by molar-refractivity contribution is 5.68. The predicted molar refractivity (Wildman–Crippen MR) is 82.8 cm³/mol. The van der Waals surface area contributed by atoms with Crippen molar-refractivity contribution in [3.8, 4) is 5.88 Å². The van der Waals surface area contributed by atoms with E-state index >= 15 is 0 Å². The van der Waals surface area contributed by atoms with Crippen molar-refractivity contribution in [3.63, 3.8) is 0 Å². The van der Waals surface area contributed by atoms with E-state index in [2.05, 4.69) is 9.97 Å². The van der Waals surface area contributed by atoms with E-state index in [1.165, 1.54) is 0 Å². The third-order valence-electron chi connectivity index (χ3n) is 3.55. The Morgan fingerprint density at radius 2 is 2.04 bits per heavy atom. The number of aromatic nitrogens is 2. The normalized spacial score (nSPS) is 16.3. The van der Waals surface area contributed by atoms with E-state index in [1.807, 2.05) is 20.8 Å². The smallest absolute Gasteiger partial charge is 0.410 e. The van der Waals surface area contributed by atoms with Crippen molar-refractivity contribution in [2.45, 2.75) is 46.1 Å². The number of piperidine rings is 1. The van der Waals surface area contributed by atoms with Crippen LogP contribution in [0.1, 0.15) is 39.4 Å². The highest BCUT2D eigenvalue weighted by Crippen LogP contribution is 2.21. The molecule has 7 heteroatoms. The van der Waals surface area contributed by atoms with Crippen LogP contribution in [0.2, 0.25) is 0 Å². The van der Waals surface area contributed by atoms with Crippen molar-refractivity contribution in [2.24, 2.45) is 5.92 Å². The highest BCUT2D eigenvalue weighted by Gasteiger charge is 2.27. The van der Waals surface area contributed by atoms with E-state index in [1.54, 1.807) is 11.8 Å². The topological polar surface area (TPSA) is 64.5 Å². The number of rotatable bonds is 3. The first kappa shape index (κ1) is 17.4. The summed E-state index contributed by atoms with van der Waals surface area (Å²) in [4.78, 5) is 21.4. The monoisotopic (exact) mass is 325 g/mol. The minimum Gasteiger partial charge on any atom is -0.475 e. The fourth-order valence-electron chi connectivity index (χ4n) is 2.34. The van der Waals surface area contributed by atoms with Crippen LogP contribution in [0.4, 0.5) is 9.18 Å². The third kappa shape index (κ3) is 5.33. The van der Waals surface area contributed by atoms with Gasteiger partial charge in [-0.2, -0.15) is 9.37 Å². The van der Waals surface area contributed by atoms with Gasteiger partial charge in [0.25, 0.3) is 5.88 Å². The number of ether oxygens (including phenoxy) is 2. The van der Waals surface area contributed by atoms with Crippen molar-refractivity contribution in [3.05, 3.63) is 17.8 Å². The van der Waals surface area contributed by atoms with E-state index in [4.69, 9.17) is 9.47 Å². The molecule has 1 aromatic heterocycles. The Kier molecular flexibility index (Phi) is 5.38. The van der Waals surface area contributed by atoms with E-state index < -0.39 is 11.4 Å². The number of likely N-dealkylation sites (tertiary alicyclic amines) is 1. The molecule has 0 aliphatic carbocycles. The predicted octanol–water partition coefficient (Wildman–Crippen LogP) is 2.95. The maximum atomic E-state index is 13.5. The number of carbonyl (C=O) groups is 1. The molecule has 0 spiro atoms. The summed E-state index contributed by atoms with van der Waals surface area (Å²) in [6.07, 6.45) is 2.42. The van der Waals surface area contributed by atoms with Crippen LogP contribution in [-0.2, 0) is 4.74 Å². The van der Waals surface area contributed by atoms with E-state index in [9.17, 15) is 9.18 Å². The first-order chi connectivity index (χ1) is 10.7. The number of hydrogen-bond acceptors (Lipinski definition) is 5. The second kappa shape index (κ2) is 7.10. The van der Waals surface area contributed by atoms with Crippen LogP contribution < -0.4 is 4.74 Å². The summed E-state index contributed by atoms with van der Waals surface area (Å²) in [6, 6.07) is 0. The molecule has 1 amide bonds. The zero-order chi connectivity index (χ0) is 17.0. The number of carbonyl (C=O) groups excluding carboxylic acids is 1. The second-order valence-corrected chi connectivity index (χ2v) is 6.79. The summed E-state index contributed by atoms with van der Waals surface area (Å²) in [5, 5.41) is 0. The molecule has 1 aromatic rings. The lowest BCUT2D eigenvalue weighted by atomic mass is 9.98. The highest BCUT2D eigenvalue weighted by atomic mass is 19.1. The lowest BCUT2D eigenvalue weighted by Gasteiger charge is -2.33. The Bertz CT molecular complexity index is 552. The van der Waals surface area contributed by atoms with Crippen molar-refractivity contribution in [1.29, 1.82) is 0 Å². The Balaban J connectivity index is 1.79. The van der Waals surface area contributed by atoms with Gasteiger partial charge in [0.15, 0.2) is 0 Å².